The Morgan fingerprint density at radius 1 is 1.27 bits per heavy atom. The Kier molecular flexibility index (Phi) is 3.36. The highest BCUT2D eigenvalue weighted by molar-refractivity contribution is 4.99. The minimum atomic E-state index is 0.583. The minimum absolute atomic E-state index is 0.583. The predicted molar refractivity (Wildman–Crippen MR) is 65.0 cm³/mol. The summed E-state index contributed by atoms with van der Waals surface area (Å²) in [5.41, 5.74) is 0.583. The van der Waals surface area contributed by atoms with E-state index in [0.29, 0.717) is 5.41 Å². The fourth-order valence-corrected chi connectivity index (χ4v) is 4.11. The van der Waals surface area contributed by atoms with Crippen molar-refractivity contribution in [3.8, 4) is 0 Å². The van der Waals surface area contributed by atoms with Crippen molar-refractivity contribution >= 4 is 0 Å². The van der Waals surface area contributed by atoms with E-state index in [-0.39, 0.29) is 0 Å². The molecule has 2 heteroatoms. The molecule has 2 nitrogen and oxygen atoms in total. The SMILES string of the molecule is CC(C)C1N(C)CCCC12CCCNC2. The molecule has 0 radical (unpaired) electrons. The lowest BCUT2D eigenvalue weighted by molar-refractivity contribution is -0.0145. The molecule has 2 rings (SSSR count). The molecule has 0 bridgehead atoms. The van der Waals surface area contributed by atoms with Crippen LogP contribution in [-0.2, 0) is 0 Å². The maximum Gasteiger partial charge on any atom is 0.0184 e. The molecule has 2 saturated heterocycles. The standard InChI is InChI=1S/C13H26N2/c1-11(2)12-13(6-4-8-14-10-13)7-5-9-15(12)3/h11-12,14H,4-10H2,1-3H3. The van der Waals surface area contributed by atoms with Crippen LogP contribution in [0.3, 0.4) is 0 Å². The maximum absolute atomic E-state index is 3.62. The van der Waals surface area contributed by atoms with Gasteiger partial charge in [-0.1, -0.05) is 13.8 Å². The lowest BCUT2D eigenvalue weighted by atomic mass is 9.65. The van der Waals surface area contributed by atoms with Gasteiger partial charge in [0.2, 0.25) is 0 Å². The number of nitrogens with zero attached hydrogens (tertiary/aromatic N) is 1. The zero-order valence-corrected chi connectivity index (χ0v) is 10.6. The van der Waals surface area contributed by atoms with Crippen molar-refractivity contribution in [2.75, 3.05) is 26.7 Å². The van der Waals surface area contributed by atoms with Crippen LogP contribution in [0.1, 0.15) is 39.5 Å². The third kappa shape index (κ3) is 2.07. The molecule has 1 N–H and O–H groups in total. The van der Waals surface area contributed by atoms with E-state index in [4.69, 9.17) is 0 Å². The Labute approximate surface area is 94.4 Å². The first-order valence-corrected chi connectivity index (χ1v) is 6.57. The Morgan fingerprint density at radius 2 is 2.00 bits per heavy atom. The van der Waals surface area contributed by atoms with Gasteiger partial charge in [-0.05, 0) is 57.2 Å². The van der Waals surface area contributed by atoms with E-state index < -0.39 is 0 Å². The molecule has 2 fully saturated rings. The number of hydrogen-bond acceptors (Lipinski definition) is 2. The van der Waals surface area contributed by atoms with Gasteiger partial charge in [0.05, 0.1) is 0 Å². The number of rotatable bonds is 1. The molecule has 88 valence electrons. The van der Waals surface area contributed by atoms with Gasteiger partial charge in [-0.2, -0.15) is 0 Å². The third-order valence-electron chi connectivity index (χ3n) is 4.42. The highest BCUT2D eigenvalue weighted by atomic mass is 15.2. The molecule has 2 aliphatic rings. The van der Waals surface area contributed by atoms with Crippen molar-refractivity contribution in [3.05, 3.63) is 0 Å². The summed E-state index contributed by atoms with van der Waals surface area (Å²) in [5, 5.41) is 3.62. The van der Waals surface area contributed by atoms with Gasteiger partial charge in [-0.25, -0.2) is 0 Å². The van der Waals surface area contributed by atoms with Crippen molar-refractivity contribution < 1.29 is 0 Å². The van der Waals surface area contributed by atoms with E-state index in [1.807, 2.05) is 0 Å². The summed E-state index contributed by atoms with van der Waals surface area (Å²) in [5.74, 6) is 0.787. The average Bonchev–Trinajstić information content (AvgIpc) is 2.18. The lowest BCUT2D eigenvalue weighted by Gasteiger charge is -2.53. The highest BCUT2D eigenvalue weighted by Crippen LogP contribution is 2.43. The summed E-state index contributed by atoms with van der Waals surface area (Å²) in [6.07, 6.45) is 5.64. The van der Waals surface area contributed by atoms with Crippen molar-refractivity contribution in [2.45, 2.75) is 45.6 Å². The van der Waals surface area contributed by atoms with Gasteiger partial charge in [0.1, 0.15) is 0 Å². The Hall–Kier alpha value is -0.0800. The largest absolute Gasteiger partial charge is 0.316 e. The van der Waals surface area contributed by atoms with Crippen molar-refractivity contribution in [1.82, 2.24) is 10.2 Å². The quantitative estimate of drug-likeness (QED) is 0.713. The fourth-order valence-electron chi connectivity index (χ4n) is 4.11. The Bertz CT molecular complexity index is 201. The van der Waals surface area contributed by atoms with Crippen molar-refractivity contribution in [1.29, 1.82) is 0 Å². The Morgan fingerprint density at radius 3 is 2.60 bits per heavy atom. The van der Waals surface area contributed by atoms with E-state index in [2.05, 4.69) is 31.1 Å². The molecule has 0 saturated carbocycles. The maximum atomic E-state index is 3.62. The lowest BCUT2D eigenvalue weighted by Crippen LogP contribution is -2.58. The summed E-state index contributed by atoms with van der Waals surface area (Å²) >= 11 is 0. The molecule has 2 unspecified atom stereocenters. The first-order valence-electron chi connectivity index (χ1n) is 6.57. The van der Waals surface area contributed by atoms with Gasteiger partial charge in [0.15, 0.2) is 0 Å². The third-order valence-corrected chi connectivity index (χ3v) is 4.42. The van der Waals surface area contributed by atoms with Gasteiger partial charge >= 0.3 is 0 Å². The number of hydrogen-bond donors (Lipinski definition) is 1. The molecule has 0 aromatic rings. The molecule has 0 amide bonds. The summed E-state index contributed by atoms with van der Waals surface area (Å²) in [6, 6.07) is 0.791. The number of likely N-dealkylation sites (tertiary alicyclic amines) is 1. The summed E-state index contributed by atoms with van der Waals surface area (Å²) in [7, 11) is 2.32. The Balaban J connectivity index is 2.18. The van der Waals surface area contributed by atoms with E-state index in [9.17, 15) is 0 Å². The van der Waals surface area contributed by atoms with Gasteiger partial charge in [-0.3, -0.25) is 0 Å². The zero-order valence-electron chi connectivity index (χ0n) is 10.6. The molecule has 15 heavy (non-hydrogen) atoms. The second kappa shape index (κ2) is 4.42. The van der Waals surface area contributed by atoms with Crippen LogP contribution in [0.5, 0.6) is 0 Å². The van der Waals surface area contributed by atoms with E-state index in [1.54, 1.807) is 0 Å². The molecule has 0 aliphatic carbocycles. The molecule has 0 aromatic carbocycles. The van der Waals surface area contributed by atoms with Crippen LogP contribution in [0.25, 0.3) is 0 Å². The molecule has 2 aliphatic heterocycles. The first-order chi connectivity index (χ1) is 7.16. The van der Waals surface area contributed by atoms with E-state index >= 15 is 0 Å². The summed E-state index contributed by atoms with van der Waals surface area (Å²) in [6.45, 7) is 8.56. The second-order valence-electron chi connectivity index (χ2n) is 5.92. The zero-order chi connectivity index (χ0) is 10.9. The van der Waals surface area contributed by atoms with Gasteiger partial charge in [0.25, 0.3) is 0 Å². The van der Waals surface area contributed by atoms with Crippen LogP contribution in [0.2, 0.25) is 0 Å². The summed E-state index contributed by atoms with van der Waals surface area (Å²) in [4.78, 5) is 2.61. The second-order valence-corrected chi connectivity index (χ2v) is 5.92. The normalized spacial score (nSPS) is 38.8. The van der Waals surface area contributed by atoms with Crippen LogP contribution in [0, 0.1) is 11.3 Å². The van der Waals surface area contributed by atoms with E-state index in [1.165, 1.54) is 45.3 Å². The van der Waals surface area contributed by atoms with Crippen LogP contribution >= 0.6 is 0 Å². The van der Waals surface area contributed by atoms with Crippen LogP contribution < -0.4 is 5.32 Å². The smallest absolute Gasteiger partial charge is 0.0184 e. The predicted octanol–water partition coefficient (Wildman–Crippen LogP) is 2.11. The van der Waals surface area contributed by atoms with Gasteiger partial charge < -0.3 is 10.2 Å². The van der Waals surface area contributed by atoms with Gasteiger partial charge in [-0.15, -0.1) is 0 Å². The molecule has 0 aromatic heterocycles. The first kappa shape index (κ1) is 11.4. The van der Waals surface area contributed by atoms with Crippen molar-refractivity contribution in [2.24, 2.45) is 11.3 Å². The highest BCUT2D eigenvalue weighted by Gasteiger charge is 2.44. The van der Waals surface area contributed by atoms with E-state index in [0.717, 1.165) is 12.0 Å². The number of piperidine rings is 2. The van der Waals surface area contributed by atoms with Crippen molar-refractivity contribution in [3.63, 3.8) is 0 Å². The summed E-state index contributed by atoms with van der Waals surface area (Å²) < 4.78 is 0. The van der Waals surface area contributed by atoms with Crippen LogP contribution in [0.15, 0.2) is 0 Å². The molecular weight excluding hydrogens is 184 g/mol. The monoisotopic (exact) mass is 210 g/mol. The molecule has 2 atom stereocenters. The fraction of sp³-hybridized carbons (Fsp3) is 1.00. The number of nitrogens with one attached hydrogen (secondary N) is 1. The average molecular weight is 210 g/mol. The topological polar surface area (TPSA) is 15.3 Å². The minimum Gasteiger partial charge on any atom is -0.316 e. The van der Waals surface area contributed by atoms with Crippen LogP contribution in [0.4, 0.5) is 0 Å². The molecule has 2 heterocycles. The van der Waals surface area contributed by atoms with Gasteiger partial charge in [0, 0.05) is 12.6 Å². The molecule has 1 spiro atoms. The molecular formula is C13H26N2. The van der Waals surface area contributed by atoms with Crippen LogP contribution in [-0.4, -0.2) is 37.6 Å².